The van der Waals surface area contributed by atoms with Gasteiger partial charge in [-0.05, 0) is 37.2 Å². The molecule has 2 aliphatic rings. The van der Waals surface area contributed by atoms with E-state index in [4.69, 9.17) is 4.52 Å². The summed E-state index contributed by atoms with van der Waals surface area (Å²) in [5.74, 6) is 1.53. The minimum atomic E-state index is -0.198. The highest BCUT2D eigenvalue weighted by Gasteiger charge is 2.32. The van der Waals surface area contributed by atoms with Crippen molar-refractivity contribution in [2.75, 3.05) is 13.1 Å². The monoisotopic (exact) mass is 381 g/mol. The van der Waals surface area contributed by atoms with E-state index in [1.807, 2.05) is 42.2 Å². The van der Waals surface area contributed by atoms with Crippen LogP contribution in [-0.2, 0) is 4.79 Å². The van der Waals surface area contributed by atoms with Crippen LogP contribution in [0, 0.1) is 5.92 Å². The SMILES string of the molecule is CCC(=O)N1CCC(C(NC(=O)c2cc(C3CC3)on2)c2ccccc2)CC1. The lowest BCUT2D eigenvalue weighted by atomic mass is 9.85. The molecule has 1 atom stereocenters. The minimum Gasteiger partial charge on any atom is -0.360 e. The van der Waals surface area contributed by atoms with Crippen molar-refractivity contribution in [1.82, 2.24) is 15.4 Å². The van der Waals surface area contributed by atoms with E-state index < -0.39 is 0 Å². The molecule has 1 aliphatic carbocycles. The van der Waals surface area contributed by atoms with E-state index in [1.54, 1.807) is 6.07 Å². The molecule has 2 aromatic rings. The Bertz CT molecular complexity index is 821. The number of nitrogens with zero attached hydrogens (tertiary/aromatic N) is 2. The van der Waals surface area contributed by atoms with Gasteiger partial charge in [0.05, 0.1) is 6.04 Å². The van der Waals surface area contributed by atoms with Gasteiger partial charge in [0.1, 0.15) is 5.76 Å². The van der Waals surface area contributed by atoms with Crippen molar-refractivity contribution in [3.63, 3.8) is 0 Å². The summed E-state index contributed by atoms with van der Waals surface area (Å²) in [5.41, 5.74) is 1.43. The van der Waals surface area contributed by atoms with Gasteiger partial charge in [-0.25, -0.2) is 0 Å². The zero-order valence-corrected chi connectivity index (χ0v) is 16.3. The van der Waals surface area contributed by atoms with Crippen molar-refractivity contribution in [1.29, 1.82) is 0 Å². The number of carbonyl (C=O) groups excluding carboxylic acids is 2. The number of aromatic nitrogens is 1. The molecule has 28 heavy (non-hydrogen) atoms. The van der Waals surface area contributed by atoms with E-state index in [0.717, 1.165) is 50.1 Å². The molecule has 148 valence electrons. The van der Waals surface area contributed by atoms with Crippen molar-refractivity contribution < 1.29 is 14.1 Å². The molecule has 1 N–H and O–H groups in total. The Labute approximate surface area is 165 Å². The molecule has 1 saturated heterocycles. The molecular weight excluding hydrogens is 354 g/mol. The fourth-order valence-corrected chi connectivity index (χ4v) is 4.01. The number of likely N-dealkylation sites (tertiary alicyclic amines) is 1. The standard InChI is InChI=1S/C22H27N3O3/c1-2-20(26)25-12-10-17(11-13-25)21(16-6-4-3-5-7-16)23-22(27)18-14-19(28-24-18)15-8-9-15/h3-7,14-15,17,21H,2,8-13H2,1H3,(H,23,27). The Morgan fingerprint density at radius 1 is 1.18 bits per heavy atom. The van der Waals surface area contributed by atoms with Crippen LogP contribution in [0.2, 0.25) is 0 Å². The Morgan fingerprint density at radius 3 is 2.54 bits per heavy atom. The van der Waals surface area contributed by atoms with Crippen molar-refractivity contribution in [2.45, 2.75) is 51.0 Å². The first-order valence-electron chi connectivity index (χ1n) is 10.3. The molecule has 1 aliphatic heterocycles. The maximum Gasteiger partial charge on any atom is 0.273 e. The van der Waals surface area contributed by atoms with Crippen LogP contribution < -0.4 is 5.32 Å². The first-order valence-corrected chi connectivity index (χ1v) is 10.3. The number of hydrogen-bond acceptors (Lipinski definition) is 4. The number of hydrogen-bond donors (Lipinski definition) is 1. The lowest BCUT2D eigenvalue weighted by Gasteiger charge is -2.36. The van der Waals surface area contributed by atoms with Crippen LogP contribution >= 0.6 is 0 Å². The van der Waals surface area contributed by atoms with Gasteiger partial charge in [-0.2, -0.15) is 0 Å². The molecule has 2 heterocycles. The summed E-state index contributed by atoms with van der Waals surface area (Å²) in [4.78, 5) is 26.8. The smallest absolute Gasteiger partial charge is 0.273 e. The van der Waals surface area contributed by atoms with Gasteiger partial charge in [0.2, 0.25) is 5.91 Å². The van der Waals surface area contributed by atoms with Crippen LogP contribution in [0.4, 0.5) is 0 Å². The fraction of sp³-hybridized carbons (Fsp3) is 0.500. The number of benzene rings is 1. The van der Waals surface area contributed by atoms with Crippen LogP contribution in [0.1, 0.15) is 72.8 Å². The van der Waals surface area contributed by atoms with Gasteiger partial charge in [-0.1, -0.05) is 42.4 Å². The third kappa shape index (κ3) is 4.11. The van der Waals surface area contributed by atoms with Crippen LogP contribution in [-0.4, -0.2) is 35.0 Å². The molecule has 0 spiro atoms. The van der Waals surface area contributed by atoms with Gasteiger partial charge < -0.3 is 14.7 Å². The highest BCUT2D eigenvalue weighted by Crippen LogP contribution is 2.40. The van der Waals surface area contributed by atoms with Gasteiger partial charge in [0.15, 0.2) is 5.69 Å². The topological polar surface area (TPSA) is 75.4 Å². The Balaban J connectivity index is 1.48. The molecule has 0 bridgehead atoms. The number of piperidine rings is 1. The average Bonchev–Trinajstić information content (AvgIpc) is 3.48. The summed E-state index contributed by atoms with van der Waals surface area (Å²) < 4.78 is 5.34. The zero-order valence-electron chi connectivity index (χ0n) is 16.3. The molecule has 1 aromatic heterocycles. The second-order valence-corrected chi connectivity index (χ2v) is 7.82. The van der Waals surface area contributed by atoms with Crippen LogP contribution in [0.25, 0.3) is 0 Å². The van der Waals surface area contributed by atoms with E-state index in [9.17, 15) is 9.59 Å². The molecular formula is C22H27N3O3. The van der Waals surface area contributed by atoms with Gasteiger partial charge in [0.25, 0.3) is 5.91 Å². The van der Waals surface area contributed by atoms with E-state index in [-0.39, 0.29) is 23.8 Å². The van der Waals surface area contributed by atoms with E-state index in [0.29, 0.717) is 18.0 Å². The highest BCUT2D eigenvalue weighted by molar-refractivity contribution is 5.92. The third-order valence-corrected chi connectivity index (χ3v) is 5.85. The van der Waals surface area contributed by atoms with E-state index >= 15 is 0 Å². The van der Waals surface area contributed by atoms with E-state index in [1.165, 1.54) is 0 Å². The molecule has 1 unspecified atom stereocenters. The molecule has 1 saturated carbocycles. The lowest BCUT2D eigenvalue weighted by Crippen LogP contribution is -2.42. The molecule has 6 nitrogen and oxygen atoms in total. The predicted octanol–water partition coefficient (Wildman–Crippen LogP) is 3.67. The van der Waals surface area contributed by atoms with Crippen molar-refractivity contribution in [3.8, 4) is 0 Å². The number of carbonyl (C=O) groups is 2. The summed E-state index contributed by atoms with van der Waals surface area (Å²) in [6.07, 6.45) is 4.50. The van der Waals surface area contributed by atoms with Gasteiger partial charge in [-0.3, -0.25) is 9.59 Å². The summed E-state index contributed by atoms with van der Waals surface area (Å²) >= 11 is 0. The summed E-state index contributed by atoms with van der Waals surface area (Å²) in [6, 6.07) is 11.7. The normalized spacial score (nSPS) is 18.7. The van der Waals surface area contributed by atoms with Gasteiger partial charge in [-0.15, -0.1) is 0 Å². The molecule has 0 radical (unpaired) electrons. The second-order valence-electron chi connectivity index (χ2n) is 7.82. The number of amides is 2. The maximum absolute atomic E-state index is 12.8. The van der Waals surface area contributed by atoms with Crippen LogP contribution in [0.15, 0.2) is 40.9 Å². The Hall–Kier alpha value is -2.63. The number of nitrogens with one attached hydrogen (secondary N) is 1. The Kier molecular flexibility index (Phi) is 5.46. The third-order valence-electron chi connectivity index (χ3n) is 5.85. The quantitative estimate of drug-likeness (QED) is 0.828. The number of rotatable bonds is 6. The highest BCUT2D eigenvalue weighted by atomic mass is 16.5. The zero-order chi connectivity index (χ0) is 19.5. The largest absolute Gasteiger partial charge is 0.360 e. The van der Waals surface area contributed by atoms with Crippen molar-refractivity contribution in [2.24, 2.45) is 5.92 Å². The Morgan fingerprint density at radius 2 is 1.89 bits per heavy atom. The molecule has 1 aromatic carbocycles. The minimum absolute atomic E-state index is 0.103. The van der Waals surface area contributed by atoms with Crippen LogP contribution in [0.3, 0.4) is 0 Å². The lowest BCUT2D eigenvalue weighted by molar-refractivity contribution is -0.132. The van der Waals surface area contributed by atoms with Gasteiger partial charge in [0, 0.05) is 31.5 Å². The summed E-state index contributed by atoms with van der Waals surface area (Å²) in [6.45, 7) is 3.38. The molecule has 4 rings (SSSR count). The summed E-state index contributed by atoms with van der Waals surface area (Å²) in [7, 11) is 0. The predicted molar refractivity (Wildman–Crippen MR) is 105 cm³/mol. The molecule has 2 amide bonds. The van der Waals surface area contributed by atoms with Gasteiger partial charge >= 0.3 is 0 Å². The first-order chi connectivity index (χ1) is 13.7. The average molecular weight is 381 g/mol. The molecule has 6 heteroatoms. The second kappa shape index (κ2) is 8.17. The summed E-state index contributed by atoms with van der Waals surface area (Å²) in [5, 5.41) is 7.16. The fourth-order valence-electron chi connectivity index (χ4n) is 4.01. The molecule has 2 fully saturated rings. The maximum atomic E-state index is 12.8. The first kappa shape index (κ1) is 18.7. The van der Waals surface area contributed by atoms with Crippen LogP contribution in [0.5, 0.6) is 0 Å². The van der Waals surface area contributed by atoms with E-state index in [2.05, 4.69) is 10.5 Å². The van der Waals surface area contributed by atoms with Crippen molar-refractivity contribution in [3.05, 3.63) is 53.4 Å². The van der Waals surface area contributed by atoms with Crippen molar-refractivity contribution >= 4 is 11.8 Å².